The van der Waals surface area contributed by atoms with Gasteiger partial charge in [0, 0.05) is 23.7 Å². The zero-order valence-electron chi connectivity index (χ0n) is 14.1. The molecule has 0 radical (unpaired) electrons. The molecule has 0 amide bonds. The number of hydrogen-bond acceptors (Lipinski definition) is 6. The lowest BCUT2D eigenvalue weighted by Crippen LogP contribution is -1.91. The Balaban J connectivity index is 1.88. The van der Waals surface area contributed by atoms with Crippen molar-refractivity contribution in [3.63, 3.8) is 0 Å². The molecule has 2 heterocycles. The van der Waals surface area contributed by atoms with Crippen LogP contribution in [-0.2, 0) is 0 Å². The Hall–Kier alpha value is -3.28. The number of nitrogens with zero attached hydrogens (tertiary/aromatic N) is 6. The monoisotopic (exact) mass is 330 g/mol. The van der Waals surface area contributed by atoms with E-state index in [4.69, 9.17) is 0 Å². The molecule has 0 N–H and O–H groups in total. The second-order valence-electron chi connectivity index (χ2n) is 5.57. The fourth-order valence-electron chi connectivity index (χ4n) is 2.29. The van der Waals surface area contributed by atoms with Crippen LogP contribution in [0.3, 0.4) is 0 Å². The van der Waals surface area contributed by atoms with Gasteiger partial charge in [-0.1, -0.05) is 24.3 Å². The maximum Gasteiger partial charge on any atom is 0.208 e. The first-order valence-electron chi connectivity index (χ1n) is 7.93. The Bertz CT molecular complexity index is 855. The first kappa shape index (κ1) is 16.6. The molecular weight excluding hydrogens is 312 g/mol. The van der Waals surface area contributed by atoms with Crippen molar-refractivity contribution < 1.29 is 0 Å². The maximum atomic E-state index is 4.37. The number of aromatic nitrogens is 2. The first-order valence-corrected chi connectivity index (χ1v) is 7.93. The summed E-state index contributed by atoms with van der Waals surface area (Å²) < 4.78 is 0. The van der Waals surface area contributed by atoms with E-state index in [0.717, 1.165) is 22.5 Å². The smallest absolute Gasteiger partial charge is 0.208 e. The van der Waals surface area contributed by atoms with Gasteiger partial charge in [0.25, 0.3) is 0 Å². The van der Waals surface area contributed by atoms with Crippen LogP contribution in [0.2, 0.25) is 0 Å². The van der Waals surface area contributed by atoms with Crippen LogP contribution in [0.25, 0.3) is 0 Å². The van der Waals surface area contributed by atoms with Crippen LogP contribution in [0, 0.1) is 13.8 Å². The summed E-state index contributed by atoms with van der Waals surface area (Å²) in [4.78, 5) is 8.49. The van der Waals surface area contributed by atoms with E-state index >= 15 is 0 Å². The van der Waals surface area contributed by atoms with Gasteiger partial charge in [0.2, 0.25) is 6.17 Å². The number of azo groups is 2. The summed E-state index contributed by atoms with van der Waals surface area (Å²) in [5, 5.41) is 17.1. The van der Waals surface area contributed by atoms with Crippen molar-refractivity contribution in [3.8, 4) is 0 Å². The van der Waals surface area contributed by atoms with E-state index in [9.17, 15) is 0 Å². The van der Waals surface area contributed by atoms with Gasteiger partial charge < -0.3 is 0 Å². The molecule has 0 aliphatic heterocycles. The number of benzene rings is 1. The second kappa shape index (κ2) is 8.01. The molecule has 0 spiro atoms. The summed E-state index contributed by atoms with van der Waals surface area (Å²) in [5.74, 6) is 0.557. The first-order chi connectivity index (χ1) is 12.2. The summed E-state index contributed by atoms with van der Waals surface area (Å²) in [5.41, 5.74) is 3.56. The van der Waals surface area contributed by atoms with E-state index in [1.807, 2.05) is 68.4 Å². The van der Waals surface area contributed by atoms with E-state index in [1.165, 1.54) is 0 Å². The van der Waals surface area contributed by atoms with Crippen LogP contribution < -0.4 is 0 Å². The fourth-order valence-corrected chi connectivity index (χ4v) is 2.29. The minimum Gasteiger partial charge on any atom is -0.264 e. The maximum absolute atomic E-state index is 4.37. The average Bonchev–Trinajstić information content (AvgIpc) is 2.62. The summed E-state index contributed by atoms with van der Waals surface area (Å²) in [6.07, 6.45) is 2.84. The van der Waals surface area contributed by atoms with Crippen molar-refractivity contribution in [2.24, 2.45) is 20.5 Å². The van der Waals surface area contributed by atoms with Gasteiger partial charge in [-0.25, -0.2) is 4.98 Å². The highest BCUT2D eigenvalue weighted by Crippen LogP contribution is 2.24. The Labute approximate surface area is 146 Å². The van der Waals surface area contributed by atoms with Gasteiger partial charge in [-0.2, -0.15) is 15.3 Å². The highest BCUT2D eigenvalue weighted by molar-refractivity contribution is 5.35. The predicted octanol–water partition coefficient (Wildman–Crippen LogP) is 5.66. The van der Waals surface area contributed by atoms with E-state index in [-0.39, 0.29) is 0 Å². The van der Waals surface area contributed by atoms with Crippen molar-refractivity contribution in [2.75, 3.05) is 0 Å². The highest BCUT2D eigenvalue weighted by atomic mass is 15.3. The lowest BCUT2D eigenvalue weighted by Gasteiger charge is -2.05. The zero-order valence-corrected chi connectivity index (χ0v) is 14.1. The third kappa shape index (κ3) is 4.84. The molecule has 1 unspecified atom stereocenters. The van der Waals surface area contributed by atoms with Crippen molar-refractivity contribution in [1.82, 2.24) is 9.97 Å². The molecule has 0 saturated carbocycles. The van der Waals surface area contributed by atoms with Crippen LogP contribution in [0.5, 0.6) is 0 Å². The summed E-state index contributed by atoms with van der Waals surface area (Å²) in [6.45, 7) is 3.93. The molecule has 2 aromatic heterocycles. The van der Waals surface area contributed by atoms with Gasteiger partial charge in [0.05, 0.1) is 5.69 Å². The Morgan fingerprint density at radius 1 is 0.880 bits per heavy atom. The van der Waals surface area contributed by atoms with Gasteiger partial charge in [0.15, 0.2) is 5.82 Å². The molecule has 25 heavy (non-hydrogen) atoms. The van der Waals surface area contributed by atoms with Gasteiger partial charge in [0.1, 0.15) is 0 Å². The lowest BCUT2D eigenvalue weighted by molar-refractivity contribution is 0.684. The zero-order chi connectivity index (χ0) is 17.5. The molecule has 3 aromatic rings. The Kier molecular flexibility index (Phi) is 5.31. The standard InChI is InChI=1S/C19H18N6/c1-14-11-15(2)21-18(12-14)23-25-19(16-7-6-10-20-13-16)24-22-17-8-4-3-5-9-17/h3-13,19H,1-2H3. The highest BCUT2D eigenvalue weighted by Gasteiger charge is 2.09. The molecule has 3 rings (SSSR count). The summed E-state index contributed by atoms with van der Waals surface area (Å²) >= 11 is 0. The topological polar surface area (TPSA) is 75.2 Å². The Morgan fingerprint density at radius 3 is 2.40 bits per heavy atom. The number of rotatable bonds is 5. The molecule has 0 saturated heterocycles. The van der Waals surface area contributed by atoms with Crippen molar-refractivity contribution >= 4 is 11.5 Å². The number of aryl methyl sites for hydroxylation is 2. The minimum atomic E-state index is -0.573. The molecule has 1 atom stereocenters. The summed E-state index contributed by atoms with van der Waals surface area (Å²) in [7, 11) is 0. The largest absolute Gasteiger partial charge is 0.264 e. The van der Waals surface area contributed by atoms with Crippen molar-refractivity contribution in [1.29, 1.82) is 0 Å². The summed E-state index contributed by atoms with van der Waals surface area (Å²) in [6, 6.07) is 17.1. The third-order valence-corrected chi connectivity index (χ3v) is 3.38. The van der Waals surface area contributed by atoms with E-state index < -0.39 is 6.17 Å². The van der Waals surface area contributed by atoms with Crippen LogP contribution in [0.4, 0.5) is 11.5 Å². The number of hydrogen-bond donors (Lipinski definition) is 0. The van der Waals surface area contributed by atoms with Crippen molar-refractivity contribution in [2.45, 2.75) is 20.0 Å². The van der Waals surface area contributed by atoms with Crippen LogP contribution in [-0.4, -0.2) is 9.97 Å². The van der Waals surface area contributed by atoms with Crippen molar-refractivity contribution in [3.05, 3.63) is 83.8 Å². The van der Waals surface area contributed by atoms with Gasteiger partial charge >= 0.3 is 0 Å². The van der Waals surface area contributed by atoms with Crippen LogP contribution >= 0.6 is 0 Å². The van der Waals surface area contributed by atoms with Crippen LogP contribution in [0.1, 0.15) is 23.0 Å². The predicted molar refractivity (Wildman–Crippen MR) is 96.2 cm³/mol. The van der Waals surface area contributed by atoms with E-state index in [2.05, 4.69) is 30.4 Å². The molecule has 0 aliphatic rings. The number of pyridine rings is 2. The quantitative estimate of drug-likeness (QED) is 0.566. The molecule has 6 nitrogen and oxygen atoms in total. The van der Waals surface area contributed by atoms with E-state index in [0.29, 0.717) is 5.82 Å². The Morgan fingerprint density at radius 2 is 1.68 bits per heavy atom. The SMILES string of the molecule is Cc1cc(C)nc(N=NC(N=Nc2ccccc2)c2cccnc2)c1. The third-order valence-electron chi connectivity index (χ3n) is 3.38. The van der Waals surface area contributed by atoms with Crippen LogP contribution in [0.15, 0.2) is 87.4 Å². The lowest BCUT2D eigenvalue weighted by atomic mass is 10.2. The molecule has 6 heteroatoms. The normalized spacial score (nSPS) is 12.7. The average molecular weight is 330 g/mol. The minimum absolute atomic E-state index is 0.557. The molecular formula is C19H18N6. The van der Waals surface area contributed by atoms with Gasteiger partial charge in [-0.05, 0) is 49.7 Å². The van der Waals surface area contributed by atoms with Gasteiger partial charge in [-0.15, -0.1) is 5.11 Å². The molecule has 0 aliphatic carbocycles. The molecule has 0 bridgehead atoms. The van der Waals surface area contributed by atoms with Gasteiger partial charge in [-0.3, -0.25) is 4.98 Å². The molecule has 1 aromatic carbocycles. The van der Waals surface area contributed by atoms with E-state index in [1.54, 1.807) is 12.4 Å². The molecule has 124 valence electrons. The fraction of sp³-hybridized carbons (Fsp3) is 0.158. The second-order valence-corrected chi connectivity index (χ2v) is 5.57. The molecule has 0 fully saturated rings.